The molecule has 0 atom stereocenters. The quantitative estimate of drug-likeness (QED) is 0.884. The van der Waals surface area contributed by atoms with E-state index < -0.39 is 10.0 Å². The highest BCUT2D eigenvalue weighted by Crippen LogP contribution is 2.24. The van der Waals surface area contributed by atoms with E-state index in [9.17, 15) is 13.2 Å². The first-order chi connectivity index (χ1) is 10.4. The summed E-state index contributed by atoms with van der Waals surface area (Å²) in [6.07, 6.45) is 0.411. The summed E-state index contributed by atoms with van der Waals surface area (Å²) < 4.78 is 27.9. The summed E-state index contributed by atoms with van der Waals surface area (Å²) in [4.78, 5) is 11.3. The normalized spacial score (nSPS) is 11.0. The van der Waals surface area contributed by atoms with Crippen molar-refractivity contribution in [1.82, 2.24) is 0 Å². The van der Waals surface area contributed by atoms with Gasteiger partial charge in [0.15, 0.2) is 0 Å². The molecule has 0 spiro atoms. The van der Waals surface area contributed by atoms with Crippen LogP contribution in [0, 0.1) is 0 Å². The van der Waals surface area contributed by atoms with Gasteiger partial charge in [-0.25, -0.2) is 13.6 Å². The molecule has 0 bridgehead atoms. The van der Waals surface area contributed by atoms with Gasteiger partial charge in [-0.3, -0.25) is 4.79 Å². The molecule has 7 heteroatoms. The summed E-state index contributed by atoms with van der Waals surface area (Å²) in [5.41, 5.74) is 0.684. The topological polar surface area (TPSA) is 98.5 Å². The second kappa shape index (κ2) is 6.59. The van der Waals surface area contributed by atoms with Gasteiger partial charge in [-0.05, 0) is 48.5 Å². The first kappa shape index (κ1) is 16.0. The average Bonchev–Trinajstić information content (AvgIpc) is 2.49. The predicted octanol–water partition coefficient (Wildman–Crippen LogP) is 2.47. The van der Waals surface area contributed by atoms with Crippen LogP contribution in [0.1, 0.15) is 13.3 Å². The Hall–Kier alpha value is -2.38. The lowest BCUT2D eigenvalue weighted by Gasteiger charge is -2.08. The third kappa shape index (κ3) is 4.31. The van der Waals surface area contributed by atoms with E-state index in [2.05, 4.69) is 5.32 Å². The Balaban J connectivity index is 2.06. The summed E-state index contributed by atoms with van der Waals surface area (Å²) in [6.45, 7) is 1.78. The fraction of sp³-hybridized carbons (Fsp3) is 0.133. The molecule has 0 heterocycles. The summed E-state index contributed by atoms with van der Waals surface area (Å²) in [7, 11) is -3.71. The Bertz CT molecular complexity index is 753. The SMILES string of the molecule is CCC(=O)Nc1ccc(Oc2ccc(S(N)(=O)=O)cc2)cc1. The van der Waals surface area contributed by atoms with Gasteiger partial charge in [0.05, 0.1) is 4.90 Å². The first-order valence-corrected chi connectivity index (χ1v) is 8.14. The summed E-state index contributed by atoms with van der Waals surface area (Å²) >= 11 is 0. The van der Waals surface area contributed by atoms with Crippen LogP contribution in [-0.4, -0.2) is 14.3 Å². The van der Waals surface area contributed by atoms with Gasteiger partial charge in [0.25, 0.3) is 0 Å². The summed E-state index contributed by atoms with van der Waals surface area (Å²) in [5.74, 6) is 0.989. The highest BCUT2D eigenvalue weighted by Gasteiger charge is 2.07. The number of nitrogens with one attached hydrogen (secondary N) is 1. The Morgan fingerprint density at radius 2 is 1.55 bits per heavy atom. The van der Waals surface area contributed by atoms with Gasteiger partial charge < -0.3 is 10.1 Å². The van der Waals surface area contributed by atoms with Crippen molar-refractivity contribution in [2.24, 2.45) is 5.14 Å². The van der Waals surface area contributed by atoms with Crippen molar-refractivity contribution < 1.29 is 17.9 Å². The van der Waals surface area contributed by atoms with Crippen LogP contribution in [-0.2, 0) is 14.8 Å². The molecule has 0 aliphatic heterocycles. The number of anilines is 1. The standard InChI is InChI=1S/C15H16N2O4S/c1-2-15(18)17-11-3-5-12(6-4-11)21-13-7-9-14(10-8-13)22(16,19)20/h3-10H,2H2,1H3,(H,17,18)(H2,16,19,20). The molecule has 6 nitrogen and oxygen atoms in total. The molecule has 0 saturated carbocycles. The van der Waals surface area contributed by atoms with Gasteiger partial charge in [-0.2, -0.15) is 0 Å². The number of hydrogen-bond acceptors (Lipinski definition) is 4. The molecule has 2 rings (SSSR count). The number of hydrogen-bond donors (Lipinski definition) is 2. The van der Waals surface area contributed by atoms with Crippen LogP contribution in [0.25, 0.3) is 0 Å². The van der Waals surface area contributed by atoms with Gasteiger partial charge in [0.1, 0.15) is 11.5 Å². The summed E-state index contributed by atoms with van der Waals surface area (Å²) in [6, 6.07) is 12.7. The smallest absolute Gasteiger partial charge is 0.238 e. The zero-order valence-corrected chi connectivity index (χ0v) is 12.8. The number of primary sulfonamides is 1. The number of carbonyl (C=O) groups excluding carboxylic acids is 1. The number of benzene rings is 2. The average molecular weight is 320 g/mol. The third-order valence-corrected chi connectivity index (χ3v) is 3.78. The van der Waals surface area contributed by atoms with Crippen molar-refractivity contribution in [3.63, 3.8) is 0 Å². The molecule has 0 saturated heterocycles. The van der Waals surface area contributed by atoms with E-state index in [0.29, 0.717) is 23.6 Å². The molecule has 0 fully saturated rings. The molecular formula is C15H16N2O4S. The number of ether oxygens (including phenoxy) is 1. The fourth-order valence-corrected chi connectivity index (χ4v) is 2.20. The molecule has 1 amide bonds. The molecule has 0 unspecified atom stereocenters. The maximum Gasteiger partial charge on any atom is 0.238 e. The molecule has 2 aromatic carbocycles. The molecule has 0 aromatic heterocycles. The van der Waals surface area contributed by atoms with E-state index in [1.54, 1.807) is 31.2 Å². The third-order valence-electron chi connectivity index (χ3n) is 2.85. The van der Waals surface area contributed by atoms with Crippen molar-refractivity contribution >= 4 is 21.6 Å². The number of rotatable bonds is 5. The fourth-order valence-electron chi connectivity index (χ4n) is 1.69. The van der Waals surface area contributed by atoms with E-state index >= 15 is 0 Å². The minimum Gasteiger partial charge on any atom is -0.457 e. The van der Waals surface area contributed by atoms with Gasteiger partial charge >= 0.3 is 0 Å². The number of nitrogens with two attached hydrogens (primary N) is 1. The lowest BCUT2D eigenvalue weighted by Crippen LogP contribution is -2.11. The molecule has 2 aromatic rings. The summed E-state index contributed by atoms with van der Waals surface area (Å²) in [5, 5.41) is 7.76. The van der Waals surface area contributed by atoms with Crippen LogP contribution in [0.2, 0.25) is 0 Å². The molecule has 0 aliphatic carbocycles. The molecular weight excluding hydrogens is 304 g/mol. The van der Waals surface area contributed by atoms with Crippen LogP contribution >= 0.6 is 0 Å². The van der Waals surface area contributed by atoms with E-state index in [0.717, 1.165) is 0 Å². The molecule has 116 valence electrons. The van der Waals surface area contributed by atoms with E-state index in [-0.39, 0.29) is 10.8 Å². The lowest BCUT2D eigenvalue weighted by molar-refractivity contribution is -0.115. The molecule has 22 heavy (non-hydrogen) atoms. The lowest BCUT2D eigenvalue weighted by atomic mass is 10.3. The highest BCUT2D eigenvalue weighted by atomic mass is 32.2. The van der Waals surface area contributed by atoms with Crippen molar-refractivity contribution in [2.75, 3.05) is 5.32 Å². The van der Waals surface area contributed by atoms with Crippen molar-refractivity contribution in [2.45, 2.75) is 18.2 Å². The molecule has 3 N–H and O–H groups in total. The predicted molar refractivity (Wildman–Crippen MR) is 83.3 cm³/mol. The van der Waals surface area contributed by atoms with Crippen LogP contribution in [0.5, 0.6) is 11.5 Å². The Kier molecular flexibility index (Phi) is 4.79. The van der Waals surface area contributed by atoms with E-state index in [1.165, 1.54) is 24.3 Å². The van der Waals surface area contributed by atoms with Crippen molar-refractivity contribution in [1.29, 1.82) is 0 Å². The second-order valence-corrected chi connectivity index (χ2v) is 6.11. The Morgan fingerprint density at radius 3 is 2.00 bits per heavy atom. The zero-order chi connectivity index (χ0) is 16.2. The monoisotopic (exact) mass is 320 g/mol. The zero-order valence-electron chi connectivity index (χ0n) is 11.9. The van der Waals surface area contributed by atoms with Gasteiger partial charge in [-0.15, -0.1) is 0 Å². The highest BCUT2D eigenvalue weighted by molar-refractivity contribution is 7.89. The number of carbonyl (C=O) groups is 1. The maximum atomic E-state index is 11.3. The minimum absolute atomic E-state index is 0.0254. The Labute approximate surface area is 129 Å². The van der Waals surface area contributed by atoms with E-state index in [4.69, 9.17) is 9.88 Å². The Morgan fingerprint density at radius 1 is 1.05 bits per heavy atom. The second-order valence-electron chi connectivity index (χ2n) is 4.54. The number of amides is 1. The first-order valence-electron chi connectivity index (χ1n) is 6.59. The van der Waals surface area contributed by atoms with Crippen LogP contribution in [0.15, 0.2) is 53.4 Å². The minimum atomic E-state index is -3.71. The van der Waals surface area contributed by atoms with Crippen molar-refractivity contribution in [3.8, 4) is 11.5 Å². The number of sulfonamides is 1. The van der Waals surface area contributed by atoms with Gasteiger partial charge in [-0.1, -0.05) is 6.92 Å². The van der Waals surface area contributed by atoms with Gasteiger partial charge in [0.2, 0.25) is 15.9 Å². The van der Waals surface area contributed by atoms with Crippen LogP contribution in [0.3, 0.4) is 0 Å². The molecule has 0 aliphatic rings. The van der Waals surface area contributed by atoms with Crippen LogP contribution in [0.4, 0.5) is 5.69 Å². The maximum absolute atomic E-state index is 11.3. The largest absolute Gasteiger partial charge is 0.457 e. The van der Waals surface area contributed by atoms with Gasteiger partial charge in [0, 0.05) is 12.1 Å². The van der Waals surface area contributed by atoms with E-state index in [1.807, 2.05) is 0 Å². The van der Waals surface area contributed by atoms with Crippen LogP contribution < -0.4 is 15.2 Å². The van der Waals surface area contributed by atoms with Crippen molar-refractivity contribution in [3.05, 3.63) is 48.5 Å². The molecule has 0 radical (unpaired) electrons.